The first kappa shape index (κ1) is 17.4. The van der Waals surface area contributed by atoms with Crippen molar-refractivity contribution in [3.8, 4) is 17.2 Å². The third-order valence-corrected chi connectivity index (χ3v) is 3.67. The summed E-state index contributed by atoms with van der Waals surface area (Å²) in [4.78, 5) is 12.3. The number of rotatable bonds is 7. The zero-order valence-electron chi connectivity index (χ0n) is 14.5. The zero-order chi connectivity index (χ0) is 18.4. The number of hydrogen-bond acceptors (Lipinski definition) is 6. The predicted molar refractivity (Wildman–Crippen MR) is 94.5 cm³/mol. The summed E-state index contributed by atoms with van der Waals surface area (Å²) in [7, 11) is 1.56. The zero-order valence-corrected chi connectivity index (χ0v) is 14.5. The quantitative estimate of drug-likeness (QED) is 0.699. The topological polar surface area (TPSA) is 91.2 Å². The minimum absolute atomic E-state index is 0.191. The van der Waals surface area contributed by atoms with Gasteiger partial charge in [0.25, 0.3) is 5.91 Å². The van der Waals surface area contributed by atoms with E-state index in [2.05, 4.69) is 20.8 Å². The minimum Gasteiger partial charge on any atom is -0.497 e. The second-order valence-corrected chi connectivity index (χ2v) is 5.35. The van der Waals surface area contributed by atoms with Crippen molar-refractivity contribution < 1.29 is 14.3 Å². The van der Waals surface area contributed by atoms with E-state index in [-0.39, 0.29) is 12.5 Å². The fraction of sp³-hybridized carbons (Fsp3) is 0.222. The molecule has 0 spiro atoms. The number of nitrogens with zero attached hydrogens (tertiary/aromatic N) is 4. The summed E-state index contributed by atoms with van der Waals surface area (Å²) >= 11 is 0. The van der Waals surface area contributed by atoms with Crippen molar-refractivity contribution in [1.82, 2.24) is 25.5 Å². The first-order valence-electron chi connectivity index (χ1n) is 8.14. The minimum atomic E-state index is -0.231. The van der Waals surface area contributed by atoms with Crippen molar-refractivity contribution in [2.45, 2.75) is 13.5 Å². The lowest BCUT2D eigenvalue weighted by atomic mass is 10.2. The molecule has 3 aromatic rings. The van der Waals surface area contributed by atoms with Crippen molar-refractivity contribution >= 4 is 5.91 Å². The van der Waals surface area contributed by atoms with Gasteiger partial charge in [0, 0.05) is 5.56 Å². The van der Waals surface area contributed by atoms with Crippen LogP contribution in [-0.2, 0) is 6.54 Å². The standard InChI is InChI=1S/C18H19N5O3/c1-3-26-15-9-7-14(8-10-15)23-17(20-21-22-23)12-19-18(24)13-5-4-6-16(11-13)25-2/h4-11H,3,12H2,1-2H3,(H,19,24). The summed E-state index contributed by atoms with van der Waals surface area (Å²) in [5.74, 6) is 1.68. The molecule has 0 aliphatic heterocycles. The van der Waals surface area contributed by atoms with Gasteiger partial charge in [0.1, 0.15) is 11.5 Å². The van der Waals surface area contributed by atoms with Crippen LogP contribution >= 0.6 is 0 Å². The van der Waals surface area contributed by atoms with E-state index in [0.717, 1.165) is 11.4 Å². The summed E-state index contributed by atoms with van der Waals surface area (Å²) in [6.07, 6.45) is 0. The van der Waals surface area contributed by atoms with Crippen molar-refractivity contribution in [1.29, 1.82) is 0 Å². The number of tetrazole rings is 1. The molecule has 0 saturated heterocycles. The van der Waals surface area contributed by atoms with Crippen LogP contribution in [0.5, 0.6) is 11.5 Å². The molecule has 1 N–H and O–H groups in total. The molecule has 1 heterocycles. The number of amides is 1. The maximum Gasteiger partial charge on any atom is 0.251 e. The normalized spacial score (nSPS) is 10.4. The van der Waals surface area contributed by atoms with E-state index in [1.54, 1.807) is 36.1 Å². The molecule has 1 aromatic heterocycles. The van der Waals surface area contributed by atoms with E-state index in [9.17, 15) is 4.79 Å². The number of hydrogen-bond donors (Lipinski definition) is 1. The molecule has 0 radical (unpaired) electrons. The van der Waals surface area contributed by atoms with Crippen LogP contribution in [0.4, 0.5) is 0 Å². The van der Waals surface area contributed by atoms with E-state index >= 15 is 0 Å². The van der Waals surface area contributed by atoms with E-state index in [4.69, 9.17) is 9.47 Å². The third-order valence-electron chi connectivity index (χ3n) is 3.67. The first-order valence-corrected chi connectivity index (χ1v) is 8.14. The van der Waals surface area contributed by atoms with E-state index in [1.165, 1.54) is 0 Å². The van der Waals surface area contributed by atoms with Gasteiger partial charge in [-0.3, -0.25) is 4.79 Å². The Morgan fingerprint density at radius 1 is 1.15 bits per heavy atom. The Kier molecular flexibility index (Phi) is 5.43. The Morgan fingerprint density at radius 2 is 1.96 bits per heavy atom. The second-order valence-electron chi connectivity index (χ2n) is 5.35. The molecule has 2 aromatic carbocycles. The van der Waals surface area contributed by atoms with E-state index < -0.39 is 0 Å². The lowest BCUT2D eigenvalue weighted by molar-refractivity contribution is 0.0949. The van der Waals surface area contributed by atoms with Crippen LogP contribution in [0.1, 0.15) is 23.1 Å². The van der Waals surface area contributed by atoms with Gasteiger partial charge in [-0.1, -0.05) is 6.07 Å². The monoisotopic (exact) mass is 353 g/mol. The SMILES string of the molecule is CCOc1ccc(-n2nnnc2CNC(=O)c2cccc(OC)c2)cc1. The average Bonchev–Trinajstić information content (AvgIpc) is 3.15. The molecule has 1 amide bonds. The van der Waals surface area contributed by atoms with Crippen LogP contribution in [0, 0.1) is 0 Å². The van der Waals surface area contributed by atoms with Gasteiger partial charge in [-0.05, 0) is 59.8 Å². The van der Waals surface area contributed by atoms with Crippen LogP contribution in [0.15, 0.2) is 48.5 Å². The molecule has 0 unspecified atom stereocenters. The van der Waals surface area contributed by atoms with E-state index in [0.29, 0.717) is 23.7 Å². The molecule has 0 saturated carbocycles. The summed E-state index contributed by atoms with van der Waals surface area (Å²) in [5.41, 5.74) is 1.29. The number of nitrogens with one attached hydrogen (secondary N) is 1. The van der Waals surface area contributed by atoms with Crippen molar-refractivity contribution in [2.24, 2.45) is 0 Å². The van der Waals surface area contributed by atoms with Crippen molar-refractivity contribution in [3.05, 3.63) is 59.9 Å². The molecule has 3 rings (SSSR count). The predicted octanol–water partition coefficient (Wildman–Crippen LogP) is 2.00. The van der Waals surface area contributed by atoms with Gasteiger partial charge in [0.05, 0.1) is 25.9 Å². The lowest BCUT2D eigenvalue weighted by Gasteiger charge is -2.08. The third kappa shape index (κ3) is 3.97. The Morgan fingerprint density at radius 3 is 2.69 bits per heavy atom. The van der Waals surface area contributed by atoms with Crippen molar-refractivity contribution in [3.63, 3.8) is 0 Å². The Hall–Kier alpha value is -3.42. The number of carbonyl (C=O) groups is 1. The van der Waals surface area contributed by atoms with Crippen LogP contribution in [-0.4, -0.2) is 39.8 Å². The Bertz CT molecular complexity index is 877. The summed E-state index contributed by atoms with van der Waals surface area (Å²) in [5, 5.41) is 14.5. The number of benzene rings is 2. The van der Waals surface area contributed by atoms with Gasteiger partial charge >= 0.3 is 0 Å². The summed E-state index contributed by atoms with van der Waals surface area (Å²) in [6, 6.07) is 14.3. The highest BCUT2D eigenvalue weighted by atomic mass is 16.5. The molecule has 134 valence electrons. The van der Waals surface area contributed by atoms with E-state index in [1.807, 2.05) is 31.2 Å². The van der Waals surface area contributed by atoms with Gasteiger partial charge in [0.15, 0.2) is 5.82 Å². The fourth-order valence-corrected chi connectivity index (χ4v) is 2.39. The number of carbonyl (C=O) groups excluding carboxylic acids is 1. The largest absolute Gasteiger partial charge is 0.497 e. The maximum absolute atomic E-state index is 12.3. The summed E-state index contributed by atoms with van der Waals surface area (Å²) < 4.78 is 12.1. The highest BCUT2D eigenvalue weighted by Crippen LogP contribution is 2.16. The maximum atomic E-state index is 12.3. The molecular weight excluding hydrogens is 334 g/mol. The Labute approximate surface area is 150 Å². The second kappa shape index (κ2) is 8.11. The van der Waals surface area contributed by atoms with Crippen LogP contribution in [0.25, 0.3) is 5.69 Å². The first-order chi connectivity index (χ1) is 12.7. The molecule has 26 heavy (non-hydrogen) atoms. The van der Waals surface area contributed by atoms with Crippen molar-refractivity contribution in [2.75, 3.05) is 13.7 Å². The van der Waals surface area contributed by atoms with Crippen LogP contribution < -0.4 is 14.8 Å². The number of ether oxygens (including phenoxy) is 2. The highest BCUT2D eigenvalue weighted by molar-refractivity contribution is 5.94. The smallest absolute Gasteiger partial charge is 0.251 e. The Balaban J connectivity index is 1.69. The van der Waals surface area contributed by atoms with Gasteiger partial charge in [-0.25, -0.2) is 0 Å². The van der Waals surface area contributed by atoms with Gasteiger partial charge in [0.2, 0.25) is 0 Å². The van der Waals surface area contributed by atoms with Gasteiger partial charge in [-0.15, -0.1) is 5.10 Å². The van der Waals surface area contributed by atoms with Gasteiger partial charge in [-0.2, -0.15) is 4.68 Å². The van der Waals surface area contributed by atoms with Gasteiger partial charge < -0.3 is 14.8 Å². The molecule has 0 fully saturated rings. The number of methoxy groups -OCH3 is 1. The van der Waals surface area contributed by atoms with Crippen LogP contribution in [0.2, 0.25) is 0 Å². The fourth-order valence-electron chi connectivity index (χ4n) is 2.39. The molecular formula is C18H19N5O3. The molecule has 0 bridgehead atoms. The highest BCUT2D eigenvalue weighted by Gasteiger charge is 2.12. The summed E-state index contributed by atoms with van der Waals surface area (Å²) in [6.45, 7) is 2.72. The number of aromatic nitrogens is 4. The molecule has 0 atom stereocenters. The lowest BCUT2D eigenvalue weighted by Crippen LogP contribution is -2.24. The molecule has 8 nitrogen and oxygen atoms in total. The molecule has 0 aliphatic carbocycles. The average molecular weight is 353 g/mol. The van der Waals surface area contributed by atoms with Crippen LogP contribution in [0.3, 0.4) is 0 Å². The molecule has 8 heteroatoms. The molecule has 0 aliphatic rings.